The van der Waals surface area contributed by atoms with Gasteiger partial charge in [0.1, 0.15) is 5.69 Å². The summed E-state index contributed by atoms with van der Waals surface area (Å²) in [5.74, 6) is 0.306. The minimum Gasteiger partial charge on any atom is -0.350 e. The fourth-order valence-electron chi connectivity index (χ4n) is 3.09. The molecule has 0 radical (unpaired) electrons. The maximum absolute atomic E-state index is 12.4. The molecule has 1 fully saturated rings. The van der Waals surface area contributed by atoms with Crippen LogP contribution >= 0.6 is 11.6 Å². The van der Waals surface area contributed by atoms with E-state index in [1.165, 1.54) is 6.42 Å². The third kappa shape index (κ3) is 3.74. The molecule has 3 N–H and O–H groups in total. The molecule has 1 aromatic carbocycles. The number of amides is 1. The van der Waals surface area contributed by atoms with Crippen LogP contribution in [0.15, 0.2) is 34.9 Å². The average molecular weight is 334 g/mol. The van der Waals surface area contributed by atoms with Gasteiger partial charge in [0.25, 0.3) is 5.91 Å². The number of nitrogens with one attached hydrogen (secondary N) is 1. The van der Waals surface area contributed by atoms with Gasteiger partial charge < -0.3 is 15.6 Å². The number of carbonyl (C=O) groups excluding carboxylic acids is 1. The molecule has 0 spiro atoms. The van der Waals surface area contributed by atoms with Crippen LogP contribution in [0.4, 0.5) is 0 Å². The van der Waals surface area contributed by atoms with Crippen LogP contribution in [-0.4, -0.2) is 23.7 Å². The third-order valence-electron chi connectivity index (χ3n) is 4.38. The predicted octanol–water partition coefficient (Wildman–Crippen LogP) is 3.24. The van der Waals surface area contributed by atoms with E-state index < -0.39 is 0 Å². The molecule has 122 valence electrons. The number of nitrogens with two attached hydrogens (primary N) is 1. The molecule has 23 heavy (non-hydrogen) atoms. The molecule has 2 aromatic rings. The van der Waals surface area contributed by atoms with Crippen molar-refractivity contribution in [3.8, 4) is 11.3 Å². The number of hydrogen-bond acceptors (Lipinski definition) is 4. The highest BCUT2D eigenvalue weighted by Gasteiger charge is 2.27. The number of hydrogen-bond donors (Lipinski definition) is 2. The van der Waals surface area contributed by atoms with Gasteiger partial charge in [-0.3, -0.25) is 4.79 Å². The molecular weight excluding hydrogens is 314 g/mol. The van der Waals surface area contributed by atoms with E-state index in [1.807, 2.05) is 12.1 Å². The van der Waals surface area contributed by atoms with Crippen molar-refractivity contribution in [2.75, 3.05) is 6.54 Å². The van der Waals surface area contributed by atoms with Gasteiger partial charge >= 0.3 is 0 Å². The predicted molar refractivity (Wildman–Crippen MR) is 89.2 cm³/mol. The lowest BCUT2D eigenvalue weighted by atomic mass is 9.84. The van der Waals surface area contributed by atoms with Gasteiger partial charge in [-0.2, -0.15) is 0 Å². The summed E-state index contributed by atoms with van der Waals surface area (Å²) in [4.78, 5) is 12.4. The summed E-state index contributed by atoms with van der Waals surface area (Å²) in [7, 11) is 0. The first-order valence-electron chi connectivity index (χ1n) is 7.91. The topological polar surface area (TPSA) is 81.1 Å². The van der Waals surface area contributed by atoms with E-state index in [1.54, 1.807) is 18.2 Å². The smallest absolute Gasteiger partial charge is 0.290 e. The Balaban J connectivity index is 1.71. The number of aromatic nitrogens is 1. The summed E-state index contributed by atoms with van der Waals surface area (Å²) >= 11 is 5.98. The Morgan fingerprint density at radius 2 is 2.17 bits per heavy atom. The number of benzene rings is 1. The highest BCUT2D eigenvalue weighted by atomic mass is 35.5. The summed E-state index contributed by atoms with van der Waals surface area (Å²) in [5.41, 5.74) is 7.21. The number of carbonyl (C=O) groups is 1. The molecule has 1 aromatic heterocycles. The van der Waals surface area contributed by atoms with E-state index in [0.29, 0.717) is 23.2 Å². The van der Waals surface area contributed by atoms with Gasteiger partial charge in [-0.1, -0.05) is 41.7 Å². The molecule has 3 rings (SSSR count). The van der Waals surface area contributed by atoms with E-state index in [-0.39, 0.29) is 17.7 Å². The van der Waals surface area contributed by atoms with Gasteiger partial charge in [0.05, 0.1) is 0 Å². The van der Waals surface area contributed by atoms with Crippen molar-refractivity contribution in [2.24, 2.45) is 11.7 Å². The molecule has 1 aliphatic carbocycles. The minimum absolute atomic E-state index is 0.112. The molecule has 5 nitrogen and oxygen atoms in total. The summed E-state index contributed by atoms with van der Waals surface area (Å²) < 4.78 is 5.19. The quantitative estimate of drug-likeness (QED) is 0.900. The van der Waals surface area contributed by atoms with Gasteiger partial charge in [-0.15, -0.1) is 0 Å². The molecule has 1 aliphatic rings. The first-order chi connectivity index (χ1) is 11.2. The summed E-state index contributed by atoms with van der Waals surface area (Å²) in [6.45, 7) is 0.592. The van der Waals surface area contributed by atoms with Crippen LogP contribution in [0.1, 0.15) is 36.2 Å². The lowest BCUT2D eigenvalue weighted by Crippen LogP contribution is -2.44. The fourth-order valence-corrected chi connectivity index (χ4v) is 3.28. The van der Waals surface area contributed by atoms with Crippen LogP contribution in [0.25, 0.3) is 11.3 Å². The zero-order valence-corrected chi connectivity index (χ0v) is 13.6. The molecule has 0 aliphatic heterocycles. The van der Waals surface area contributed by atoms with Crippen LogP contribution in [0.2, 0.25) is 5.02 Å². The Kier molecular flexibility index (Phi) is 4.98. The summed E-state index contributed by atoms with van der Waals surface area (Å²) in [6.07, 6.45) is 4.32. The highest BCUT2D eigenvalue weighted by molar-refractivity contribution is 6.30. The van der Waals surface area contributed by atoms with Gasteiger partial charge in [0, 0.05) is 22.7 Å². The molecule has 2 atom stereocenters. The molecule has 2 unspecified atom stereocenters. The SMILES string of the molecule is NCC1CCCCC1NC(=O)c1cc(-c2cccc(Cl)c2)no1. The monoisotopic (exact) mass is 333 g/mol. The van der Waals surface area contributed by atoms with Crippen molar-refractivity contribution >= 4 is 17.5 Å². The maximum Gasteiger partial charge on any atom is 0.290 e. The number of rotatable bonds is 4. The van der Waals surface area contributed by atoms with Gasteiger partial charge in [0.15, 0.2) is 0 Å². The van der Waals surface area contributed by atoms with Gasteiger partial charge in [0.2, 0.25) is 5.76 Å². The summed E-state index contributed by atoms with van der Waals surface area (Å²) in [5, 5.41) is 7.61. The minimum atomic E-state index is -0.240. The molecule has 1 amide bonds. The zero-order valence-electron chi connectivity index (χ0n) is 12.8. The van der Waals surface area contributed by atoms with Crippen LogP contribution < -0.4 is 11.1 Å². The molecule has 0 saturated heterocycles. The van der Waals surface area contributed by atoms with E-state index in [4.69, 9.17) is 21.9 Å². The van der Waals surface area contributed by atoms with Gasteiger partial charge in [-0.25, -0.2) is 0 Å². The molecule has 1 saturated carbocycles. The Morgan fingerprint density at radius 1 is 1.35 bits per heavy atom. The second-order valence-electron chi connectivity index (χ2n) is 5.95. The van der Waals surface area contributed by atoms with Crippen LogP contribution in [0.5, 0.6) is 0 Å². The number of halogens is 1. The Bertz CT molecular complexity index is 686. The molecule has 0 bridgehead atoms. The van der Waals surface area contributed by atoms with Crippen molar-refractivity contribution in [3.05, 3.63) is 41.1 Å². The van der Waals surface area contributed by atoms with E-state index in [2.05, 4.69) is 10.5 Å². The number of nitrogens with zero attached hydrogens (tertiary/aromatic N) is 1. The lowest BCUT2D eigenvalue weighted by molar-refractivity contribution is 0.0870. The van der Waals surface area contributed by atoms with Crippen molar-refractivity contribution in [1.29, 1.82) is 0 Å². The molecule has 1 heterocycles. The van der Waals surface area contributed by atoms with Crippen LogP contribution in [0, 0.1) is 5.92 Å². The van der Waals surface area contributed by atoms with Crippen molar-refractivity contribution in [1.82, 2.24) is 10.5 Å². The molecule has 6 heteroatoms. The third-order valence-corrected chi connectivity index (χ3v) is 4.62. The zero-order chi connectivity index (χ0) is 16.2. The van der Waals surface area contributed by atoms with Crippen molar-refractivity contribution in [3.63, 3.8) is 0 Å². The van der Waals surface area contributed by atoms with Crippen LogP contribution in [0.3, 0.4) is 0 Å². The average Bonchev–Trinajstić information content (AvgIpc) is 3.05. The second-order valence-corrected chi connectivity index (χ2v) is 6.38. The van der Waals surface area contributed by atoms with E-state index in [9.17, 15) is 4.79 Å². The first-order valence-corrected chi connectivity index (χ1v) is 8.29. The fraction of sp³-hybridized carbons (Fsp3) is 0.412. The second kappa shape index (κ2) is 7.15. The maximum atomic E-state index is 12.4. The van der Waals surface area contributed by atoms with Crippen molar-refractivity contribution in [2.45, 2.75) is 31.7 Å². The standard InChI is InChI=1S/C17H20ClN3O2/c18-13-6-3-5-11(8-13)15-9-16(23-21-15)17(22)20-14-7-2-1-4-12(14)10-19/h3,5-6,8-9,12,14H,1-2,4,7,10,19H2,(H,20,22). The van der Waals surface area contributed by atoms with Crippen LogP contribution in [-0.2, 0) is 0 Å². The molecular formula is C17H20ClN3O2. The Hall–Kier alpha value is -1.85. The largest absolute Gasteiger partial charge is 0.350 e. The normalized spacial score (nSPS) is 21.1. The first kappa shape index (κ1) is 16.0. The lowest BCUT2D eigenvalue weighted by Gasteiger charge is -2.30. The summed E-state index contributed by atoms with van der Waals surface area (Å²) in [6, 6.07) is 9.03. The van der Waals surface area contributed by atoms with E-state index in [0.717, 1.165) is 24.8 Å². The Labute approximate surface area is 140 Å². The Morgan fingerprint density at radius 3 is 2.96 bits per heavy atom. The van der Waals surface area contributed by atoms with Crippen molar-refractivity contribution < 1.29 is 9.32 Å². The van der Waals surface area contributed by atoms with Gasteiger partial charge in [-0.05, 0) is 37.4 Å². The van der Waals surface area contributed by atoms with E-state index >= 15 is 0 Å². The highest BCUT2D eigenvalue weighted by Crippen LogP contribution is 2.25.